The number of carbonyl (C=O) groups is 3. The molecule has 0 bridgehead atoms. The Kier molecular flexibility index (Phi) is 8.16. The zero-order chi connectivity index (χ0) is 19.8. The smallest absolute Gasteiger partial charge is 0.328 e. The first-order chi connectivity index (χ1) is 12.9. The number of benzene rings is 1. The number of hydrogen-bond acceptors (Lipinski definition) is 6. The maximum Gasteiger partial charge on any atom is 0.328 e. The Morgan fingerprint density at radius 3 is 2.67 bits per heavy atom. The van der Waals surface area contributed by atoms with Gasteiger partial charge in [-0.25, -0.2) is 4.79 Å². The third-order valence-electron chi connectivity index (χ3n) is 4.78. The summed E-state index contributed by atoms with van der Waals surface area (Å²) in [6.45, 7) is 3.36. The molecule has 1 N–H and O–H groups in total. The van der Waals surface area contributed by atoms with Gasteiger partial charge in [0, 0.05) is 4.90 Å². The van der Waals surface area contributed by atoms with Crippen LogP contribution >= 0.6 is 11.8 Å². The van der Waals surface area contributed by atoms with Crippen molar-refractivity contribution in [2.45, 2.75) is 50.5 Å². The van der Waals surface area contributed by atoms with E-state index in [2.05, 4.69) is 17.4 Å². The topological polar surface area (TPSA) is 81.7 Å². The average molecular weight is 394 g/mol. The molecule has 0 fully saturated rings. The number of fused-ring (bicyclic) bond motifs is 1. The predicted molar refractivity (Wildman–Crippen MR) is 104 cm³/mol. The maximum absolute atomic E-state index is 12.0. The van der Waals surface area contributed by atoms with Crippen molar-refractivity contribution in [2.75, 3.05) is 19.5 Å². The molecule has 0 heterocycles. The minimum Gasteiger partial charge on any atom is -0.467 e. The van der Waals surface area contributed by atoms with E-state index in [0.717, 1.165) is 17.7 Å². The molecule has 0 radical (unpaired) electrons. The zero-order valence-corrected chi connectivity index (χ0v) is 16.9. The van der Waals surface area contributed by atoms with Gasteiger partial charge in [-0.2, -0.15) is 0 Å². The molecule has 6 nitrogen and oxygen atoms in total. The first-order valence-corrected chi connectivity index (χ1v) is 10.2. The SMILES string of the molecule is CC[C@@H](C)[C@H](NC(=O)COC(=O)CSc1ccc2c(c1)CCC2)C(=O)OC. The van der Waals surface area contributed by atoms with E-state index < -0.39 is 30.5 Å². The molecule has 1 aliphatic carbocycles. The molecule has 2 rings (SSSR count). The van der Waals surface area contributed by atoms with Crippen molar-refractivity contribution in [1.82, 2.24) is 5.32 Å². The normalized spacial score (nSPS) is 14.8. The van der Waals surface area contributed by atoms with Crippen LogP contribution in [-0.2, 0) is 36.7 Å². The Hall–Kier alpha value is -2.02. The number of thioether (sulfide) groups is 1. The fraction of sp³-hybridized carbons (Fsp3) is 0.550. The highest BCUT2D eigenvalue weighted by Gasteiger charge is 2.26. The zero-order valence-electron chi connectivity index (χ0n) is 16.1. The Balaban J connectivity index is 1.75. The van der Waals surface area contributed by atoms with Crippen LogP contribution in [0.15, 0.2) is 23.1 Å². The number of nitrogens with one attached hydrogen (secondary N) is 1. The highest BCUT2D eigenvalue weighted by atomic mass is 32.2. The number of methoxy groups -OCH3 is 1. The lowest BCUT2D eigenvalue weighted by Crippen LogP contribution is -2.47. The van der Waals surface area contributed by atoms with Crippen molar-refractivity contribution < 1.29 is 23.9 Å². The van der Waals surface area contributed by atoms with E-state index >= 15 is 0 Å². The standard InChI is InChI=1S/C20H27NO5S/c1-4-13(2)19(20(24)25-3)21-17(22)11-26-18(23)12-27-16-9-8-14-6-5-7-15(14)10-16/h8-10,13,19H,4-7,11-12H2,1-3H3,(H,21,22)/t13-,19+/m1/s1. The molecule has 1 aromatic carbocycles. The monoisotopic (exact) mass is 393 g/mol. The fourth-order valence-electron chi connectivity index (χ4n) is 2.98. The molecule has 1 amide bonds. The van der Waals surface area contributed by atoms with E-state index in [1.807, 2.05) is 19.9 Å². The van der Waals surface area contributed by atoms with Crippen molar-refractivity contribution in [3.8, 4) is 0 Å². The van der Waals surface area contributed by atoms with Crippen molar-refractivity contribution >= 4 is 29.6 Å². The lowest BCUT2D eigenvalue weighted by Gasteiger charge is -2.21. The van der Waals surface area contributed by atoms with E-state index in [4.69, 9.17) is 9.47 Å². The number of amides is 1. The summed E-state index contributed by atoms with van der Waals surface area (Å²) >= 11 is 1.40. The molecule has 0 unspecified atom stereocenters. The largest absolute Gasteiger partial charge is 0.467 e. The number of aryl methyl sites for hydroxylation is 2. The minimum absolute atomic E-state index is 0.0764. The summed E-state index contributed by atoms with van der Waals surface area (Å²) in [4.78, 5) is 36.7. The van der Waals surface area contributed by atoms with Crippen LogP contribution in [0.5, 0.6) is 0 Å². The van der Waals surface area contributed by atoms with Crippen LogP contribution < -0.4 is 5.32 Å². The molecule has 0 aromatic heterocycles. The summed E-state index contributed by atoms with van der Waals surface area (Å²) in [5.41, 5.74) is 2.74. The molecular weight excluding hydrogens is 366 g/mol. The second-order valence-corrected chi connectivity index (χ2v) is 7.74. The second kappa shape index (κ2) is 10.3. The van der Waals surface area contributed by atoms with E-state index in [1.54, 1.807) is 0 Å². The Morgan fingerprint density at radius 2 is 1.96 bits per heavy atom. The first kappa shape index (κ1) is 21.3. The van der Waals surface area contributed by atoms with Gasteiger partial charge in [-0.3, -0.25) is 9.59 Å². The fourth-order valence-corrected chi connectivity index (χ4v) is 3.74. The van der Waals surface area contributed by atoms with Crippen LogP contribution in [0.1, 0.15) is 37.8 Å². The van der Waals surface area contributed by atoms with E-state index in [-0.39, 0.29) is 11.7 Å². The van der Waals surface area contributed by atoms with Crippen LogP contribution in [0.3, 0.4) is 0 Å². The van der Waals surface area contributed by atoms with Crippen LogP contribution in [0.2, 0.25) is 0 Å². The number of ether oxygens (including phenoxy) is 2. The maximum atomic E-state index is 12.0. The minimum atomic E-state index is -0.744. The lowest BCUT2D eigenvalue weighted by molar-refractivity contribution is -0.149. The van der Waals surface area contributed by atoms with Crippen LogP contribution in [0.25, 0.3) is 0 Å². The average Bonchev–Trinajstić information content (AvgIpc) is 3.15. The Bertz CT molecular complexity index is 691. The number of carbonyl (C=O) groups excluding carboxylic acids is 3. The van der Waals surface area contributed by atoms with Crippen molar-refractivity contribution in [3.05, 3.63) is 29.3 Å². The summed E-state index contributed by atoms with van der Waals surface area (Å²) in [7, 11) is 1.28. The van der Waals surface area contributed by atoms with Gasteiger partial charge in [0.05, 0.1) is 12.9 Å². The van der Waals surface area contributed by atoms with E-state index in [0.29, 0.717) is 6.42 Å². The van der Waals surface area contributed by atoms with Gasteiger partial charge < -0.3 is 14.8 Å². The molecular formula is C20H27NO5S. The van der Waals surface area contributed by atoms with Gasteiger partial charge in [0.2, 0.25) is 0 Å². The summed E-state index contributed by atoms with van der Waals surface area (Å²) in [5, 5.41) is 2.58. The molecule has 0 aliphatic heterocycles. The molecule has 0 saturated heterocycles. The molecule has 27 heavy (non-hydrogen) atoms. The summed E-state index contributed by atoms with van der Waals surface area (Å²) in [6.07, 6.45) is 4.10. The number of rotatable bonds is 9. The van der Waals surface area contributed by atoms with E-state index in [1.165, 1.54) is 36.4 Å². The predicted octanol–water partition coefficient (Wildman–Crippen LogP) is 2.51. The van der Waals surface area contributed by atoms with Gasteiger partial charge >= 0.3 is 11.9 Å². The quantitative estimate of drug-likeness (QED) is 0.513. The summed E-state index contributed by atoms with van der Waals surface area (Å²) < 4.78 is 9.74. The van der Waals surface area contributed by atoms with Gasteiger partial charge in [-0.05, 0) is 48.4 Å². The van der Waals surface area contributed by atoms with Crippen LogP contribution in [-0.4, -0.2) is 43.4 Å². The van der Waals surface area contributed by atoms with Crippen molar-refractivity contribution in [1.29, 1.82) is 0 Å². The molecule has 1 aliphatic rings. The van der Waals surface area contributed by atoms with Crippen molar-refractivity contribution in [3.63, 3.8) is 0 Å². The third kappa shape index (κ3) is 6.27. The molecule has 2 atom stereocenters. The van der Waals surface area contributed by atoms with Crippen molar-refractivity contribution in [2.24, 2.45) is 5.92 Å². The molecule has 0 saturated carbocycles. The van der Waals surface area contributed by atoms with Gasteiger partial charge in [0.15, 0.2) is 6.61 Å². The third-order valence-corrected chi connectivity index (χ3v) is 5.74. The number of hydrogen-bond donors (Lipinski definition) is 1. The van der Waals surface area contributed by atoms with Gasteiger partial charge in [-0.1, -0.05) is 26.3 Å². The van der Waals surface area contributed by atoms with Crippen LogP contribution in [0.4, 0.5) is 0 Å². The molecule has 1 aromatic rings. The van der Waals surface area contributed by atoms with Gasteiger partial charge in [-0.15, -0.1) is 11.8 Å². The number of esters is 2. The second-order valence-electron chi connectivity index (χ2n) is 6.69. The highest BCUT2D eigenvalue weighted by Crippen LogP contribution is 2.27. The van der Waals surface area contributed by atoms with Crippen LogP contribution in [0, 0.1) is 5.92 Å². The molecule has 7 heteroatoms. The lowest BCUT2D eigenvalue weighted by atomic mass is 9.99. The highest BCUT2D eigenvalue weighted by molar-refractivity contribution is 8.00. The molecule has 148 valence electrons. The summed E-state index contributed by atoms with van der Waals surface area (Å²) in [6, 6.07) is 5.51. The van der Waals surface area contributed by atoms with Gasteiger partial charge in [0.1, 0.15) is 6.04 Å². The molecule has 0 spiro atoms. The van der Waals surface area contributed by atoms with Gasteiger partial charge in [0.25, 0.3) is 5.91 Å². The first-order valence-electron chi connectivity index (χ1n) is 9.22. The van der Waals surface area contributed by atoms with E-state index in [9.17, 15) is 14.4 Å². The summed E-state index contributed by atoms with van der Waals surface area (Å²) in [5.74, 6) is -1.42. The Morgan fingerprint density at radius 1 is 1.22 bits per heavy atom. The Labute approximate surface area is 164 Å².